The van der Waals surface area contributed by atoms with Crippen molar-refractivity contribution in [2.45, 2.75) is 76.9 Å². The van der Waals surface area contributed by atoms with E-state index in [1.165, 1.54) is 0 Å². The molecular formula is C15H27NO4. The van der Waals surface area contributed by atoms with E-state index in [1.54, 1.807) is 0 Å². The van der Waals surface area contributed by atoms with Crippen LogP contribution in [-0.2, 0) is 19.0 Å². The van der Waals surface area contributed by atoms with Crippen molar-refractivity contribution in [1.29, 1.82) is 0 Å². The summed E-state index contributed by atoms with van der Waals surface area (Å²) in [5, 5.41) is 2.94. The summed E-state index contributed by atoms with van der Waals surface area (Å²) in [5.74, 6) is -0.414. The number of hydrogen-bond donors (Lipinski definition) is 1. The van der Waals surface area contributed by atoms with Crippen molar-refractivity contribution in [3.8, 4) is 0 Å². The standard InChI is InChI=1S/C15H27NO4/c1-11(13(17)16-14(2,3)4)20-12-5-7-15(8-6-12)18-9-10-19-15/h11-12H,5-10H2,1-4H3,(H,16,17). The first-order valence-corrected chi connectivity index (χ1v) is 7.55. The summed E-state index contributed by atoms with van der Waals surface area (Å²) >= 11 is 0. The lowest BCUT2D eigenvalue weighted by Crippen LogP contribution is -2.47. The highest BCUT2D eigenvalue weighted by Crippen LogP contribution is 2.36. The molecule has 1 saturated carbocycles. The number of amides is 1. The van der Waals surface area contributed by atoms with Crippen LogP contribution in [0.25, 0.3) is 0 Å². The van der Waals surface area contributed by atoms with Gasteiger partial charge in [0.05, 0.1) is 19.3 Å². The minimum Gasteiger partial charge on any atom is -0.365 e. The molecule has 2 aliphatic rings. The fourth-order valence-corrected chi connectivity index (χ4v) is 2.77. The Morgan fingerprint density at radius 1 is 1.25 bits per heavy atom. The summed E-state index contributed by atoms with van der Waals surface area (Å²) in [5.41, 5.74) is -0.225. The maximum absolute atomic E-state index is 12.0. The van der Waals surface area contributed by atoms with Gasteiger partial charge in [0.25, 0.3) is 0 Å². The number of carbonyl (C=O) groups is 1. The van der Waals surface area contributed by atoms with Crippen LogP contribution in [0.5, 0.6) is 0 Å². The Kier molecular flexibility index (Phi) is 4.72. The second-order valence-corrected chi connectivity index (χ2v) is 6.82. The Balaban J connectivity index is 1.76. The van der Waals surface area contributed by atoms with E-state index in [2.05, 4.69) is 5.32 Å². The number of hydrogen-bond acceptors (Lipinski definition) is 4. The zero-order chi connectivity index (χ0) is 14.8. The maximum Gasteiger partial charge on any atom is 0.249 e. The van der Waals surface area contributed by atoms with Crippen LogP contribution in [0.15, 0.2) is 0 Å². The van der Waals surface area contributed by atoms with Gasteiger partial charge >= 0.3 is 0 Å². The molecule has 0 aromatic carbocycles. The van der Waals surface area contributed by atoms with Gasteiger partial charge in [-0.05, 0) is 40.5 Å². The van der Waals surface area contributed by atoms with Gasteiger partial charge in [0.2, 0.25) is 5.91 Å². The highest BCUT2D eigenvalue weighted by molar-refractivity contribution is 5.81. The Labute approximate surface area is 121 Å². The minimum atomic E-state index is -0.418. The lowest BCUT2D eigenvalue weighted by Gasteiger charge is -2.36. The molecule has 116 valence electrons. The maximum atomic E-state index is 12.0. The van der Waals surface area contributed by atoms with E-state index >= 15 is 0 Å². The first-order valence-electron chi connectivity index (χ1n) is 7.55. The molecule has 0 aromatic rings. The Bertz CT molecular complexity index is 334. The zero-order valence-electron chi connectivity index (χ0n) is 13.0. The molecule has 1 N–H and O–H groups in total. The highest BCUT2D eigenvalue weighted by atomic mass is 16.7. The predicted octanol–water partition coefficient (Wildman–Crippen LogP) is 1.99. The van der Waals surface area contributed by atoms with Gasteiger partial charge in [-0.25, -0.2) is 0 Å². The summed E-state index contributed by atoms with van der Waals surface area (Å²) in [4.78, 5) is 12.0. The second kappa shape index (κ2) is 6.00. The van der Waals surface area contributed by atoms with Gasteiger partial charge in [0, 0.05) is 18.4 Å². The third-order valence-corrected chi connectivity index (χ3v) is 3.77. The third-order valence-electron chi connectivity index (χ3n) is 3.77. The van der Waals surface area contributed by atoms with Crippen molar-refractivity contribution in [3.05, 3.63) is 0 Å². The summed E-state index contributed by atoms with van der Waals surface area (Å²) in [6.07, 6.45) is 3.17. The largest absolute Gasteiger partial charge is 0.365 e. The van der Waals surface area contributed by atoms with Crippen molar-refractivity contribution >= 4 is 5.91 Å². The Hall–Kier alpha value is -0.650. The fraction of sp³-hybridized carbons (Fsp3) is 0.933. The fourth-order valence-electron chi connectivity index (χ4n) is 2.77. The van der Waals surface area contributed by atoms with Crippen molar-refractivity contribution in [1.82, 2.24) is 5.32 Å². The zero-order valence-corrected chi connectivity index (χ0v) is 13.0. The molecule has 5 heteroatoms. The normalized spacial score (nSPS) is 24.8. The Morgan fingerprint density at radius 3 is 2.30 bits per heavy atom. The highest BCUT2D eigenvalue weighted by Gasteiger charge is 2.41. The van der Waals surface area contributed by atoms with Gasteiger partial charge in [-0.15, -0.1) is 0 Å². The molecular weight excluding hydrogens is 258 g/mol. The van der Waals surface area contributed by atoms with E-state index < -0.39 is 6.10 Å². The summed E-state index contributed by atoms with van der Waals surface area (Å²) < 4.78 is 17.3. The van der Waals surface area contributed by atoms with Crippen molar-refractivity contribution < 1.29 is 19.0 Å². The molecule has 1 amide bonds. The quantitative estimate of drug-likeness (QED) is 0.861. The van der Waals surface area contributed by atoms with Crippen molar-refractivity contribution in [2.24, 2.45) is 0 Å². The van der Waals surface area contributed by atoms with Gasteiger partial charge in [-0.2, -0.15) is 0 Å². The van der Waals surface area contributed by atoms with E-state index in [0.717, 1.165) is 25.7 Å². The van der Waals surface area contributed by atoms with Gasteiger partial charge in [-0.3, -0.25) is 4.79 Å². The number of rotatable bonds is 3. The average molecular weight is 285 g/mol. The SMILES string of the molecule is CC(OC1CCC2(CC1)OCCO2)C(=O)NC(C)(C)C. The molecule has 5 nitrogen and oxygen atoms in total. The molecule has 1 atom stereocenters. The van der Waals surface area contributed by atoms with Crippen LogP contribution in [0.4, 0.5) is 0 Å². The number of carbonyl (C=O) groups excluding carboxylic acids is 1. The van der Waals surface area contributed by atoms with Crippen LogP contribution in [0.2, 0.25) is 0 Å². The molecule has 0 bridgehead atoms. The molecule has 1 heterocycles. The van der Waals surface area contributed by atoms with Crippen LogP contribution in [0.3, 0.4) is 0 Å². The van der Waals surface area contributed by atoms with Gasteiger partial charge in [0.15, 0.2) is 5.79 Å². The van der Waals surface area contributed by atoms with Gasteiger partial charge in [0.1, 0.15) is 6.10 Å². The Morgan fingerprint density at radius 2 is 1.80 bits per heavy atom. The molecule has 20 heavy (non-hydrogen) atoms. The van der Waals surface area contributed by atoms with Crippen LogP contribution >= 0.6 is 0 Å². The van der Waals surface area contributed by atoms with Crippen molar-refractivity contribution in [3.63, 3.8) is 0 Å². The van der Waals surface area contributed by atoms with Crippen LogP contribution < -0.4 is 5.32 Å². The van der Waals surface area contributed by atoms with Crippen molar-refractivity contribution in [2.75, 3.05) is 13.2 Å². The van der Waals surface area contributed by atoms with Gasteiger partial charge < -0.3 is 19.5 Å². The molecule has 0 aromatic heterocycles. The smallest absolute Gasteiger partial charge is 0.249 e. The van der Waals surface area contributed by atoms with E-state index in [1.807, 2.05) is 27.7 Å². The molecule has 1 spiro atoms. The summed E-state index contributed by atoms with van der Waals surface area (Å²) in [6, 6.07) is 0. The second-order valence-electron chi connectivity index (χ2n) is 6.82. The lowest BCUT2D eigenvalue weighted by molar-refractivity contribution is -0.195. The molecule has 0 radical (unpaired) electrons. The molecule has 1 unspecified atom stereocenters. The van der Waals surface area contributed by atoms with Crippen LogP contribution in [0, 0.1) is 0 Å². The minimum absolute atomic E-state index is 0.0499. The summed E-state index contributed by atoms with van der Waals surface area (Å²) in [6.45, 7) is 9.10. The molecule has 1 saturated heterocycles. The average Bonchev–Trinajstić information content (AvgIpc) is 2.79. The number of ether oxygens (including phenoxy) is 3. The topological polar surface area (TPSA) is 56.8 Å². The monoisotopic (exact) mass is 285 g/mol. The number of nitrogens with one attached hydrogen (secondary N) is 1. The molecule has 2 rings (SSSR count). The predicted molar refractivity (Wildman–Crippen MR) is 75.3 cm³/mol. The van der Waals surface area contributed by atoms with E-state index in [4.69, 9.17) is 14.2 Å². The van der Waals surface area contributed by atoms with Gasteiger partial charge in [-0.1, -0.05) is 0 Å². The van der Waals surface area contributed by atoms with E-state index in [9.17, 15) is 4.79 Å². The first kappa shape index (κ1) is 15.7. The molecule has 1 aliphatic heterocycles. The van der Waals surface area contributed by atoms with Crippen LogP contribution in [0.1, 0.15) is 53.4 Å². The van der Waals surface area contributed by atoms with E-state index in [-0.39, 0.29) is 23.3 Å². The van der Waals surface area contributed by atoms with Crippen LogP contribution in [-0.4, -0.2) is 42.7 Å². The third kappa shape index (κ3) is 4.17. The molecule has 1 aliphatic carbocycles. The van der Waals surface area contributed by atoms with E-state index in [0.29, 0.717) is 13.2 Å². The lowest BCUT2D eigenvalue weighted by atomic mass is 9.91. The first-order chi connectivity index (χ1) is 9.30. The summed E-state index contributed by atoms with van der Waals surface area (Å²) in [7, 11) is 0. The molecule has 2 fully saturated rings.